The summed E-state index contributed by atoms with van der Waals surface area (Å²) in [6, 6.07) is 0. The van der Waals surface area contributed by atoms with Crippen LogP contribution in [-0.4, -0.2) is 35.5 Å². The number of halogens is 1. The molecule has 1 amide bonds. The van der Waals surface area contributed by atoms with Crippen molar-refractivity contribution in [1.29, 1.82) is 0 Å². The van der Waals surface area contributed by atoms with Gasteiger partial charge in [0.25, 0.3) is 22.6 Å². The molecule has 13 heavy (non-hydrogen) atoms. The minimum atomic E-state index is 0.101. The van der Waals surface area contributed by atoms with Gasteiger partial charge in [0.2, 0.25) is 5.91 Å². The minimum absolute atomic E-state index is 0.101. The molecule has 0 spiro atoms. The lowest BCUT2D eigenvalue weighted by molar-refractivity contribution is -0.398. The lowest BCUT2D eigenvalue weighted by Gasteiger charge is -2.10. The molecule has 0 fully saturated rings. The Morgan fingerprint density at radius 3 is 2.62 bits per heavy atom. The van der Waals surface area contributed by atoms with Crippen LogP contribution in [0.4, 0.5) is 0 Å². The Labute approximate surface area is 94.4 Å². The number of hydrogen-bond donors (Lipinski definition) is 1. The van der Waals surface area contributed by atoms with Crippen LogP contribution in [-0.2, 0) is 4.79 Å². The fourth-order valence-corrected chi connectivity index (χ4v) is 1.20. The molecule has 1 N–H and O–H groups in total. The molecule has 0 saturated carbocycles. The second-order valence-electron chi connectivity index (χ2n) is 3.51. The molecule has 0 unspecified atom stereocenters. The van der Waals surface area contributed by atoms with Gasteiger partial charge in [-0.15, -0.1) is 0 Å². The average molecular weight is 299 g/mol. The van der Waals surface area contributed by atoms with Gasteiger partial charge in [0.15, 0.2) is 4.55 Å². The van der Waals surface area contributed by atoms with E-state index in [0.717, 1.165) is 24.1 Å². The number of carbonyl (C=O) groups excluding carboxylic acids is 1. The highest BCUT2D eigenvalue weighted by Gasteiger charge is 2.05. The van der Waals surface area contributed by atoms with E-state index in [-0.39, 0.29) is 11.8 Å². The summed E-state index contributed by atoms with van der Waals surface area (Å²) in [6.45, 7) is 5.67. The number of carbonyl (C=O) groups is 1. The largest absolute Gasteiger partial charge is 0.356 e. The molecule has 0 aliphatic heterocycles. The number of nitrogens with one attached hydrogen (secondary N) is 1. The third kappa shape index (κ3) is 7.25. The molecule has 0 aliphatic carbocycles. The smallest absolute Gasteiger partial charge is 0.269 e. The van der Waals surface area contributed by atoms with Gasteiger partial charge in [-0.3, -0.25) is 9.69 Å². The van der Waals surface area contributed by atoms with Crippen LogP contribution in [0, 0.1) is 5.92 Å². The zero-order valence-electron chi connectivity index (χ0n) is 8.67. The van der Waals surface area contributed by atoms with E-state index in [1.807, 2.05) is 13.8 Å². The summed E-state index contributed by atoms with van der Waals surface area (Å²) in [5, 5.41) is 2.90. The summed E-state index contributed by atoms with van der Waals surface area (Å²) >= 11 is 2.07. The van der Waals surface area contributed by atoms with Crippen LogP contribution in [0.1, 0.15) is 20.3 Å². The molecule has 0 heterocycles. The van der Waals surface area contributed by atoms with Crippen LogP contribution >= 0.6 is 0 Å². The first-order chi connectivity index (χ1) is 6.07. The van der Waals surface area contributed by atoms with E-state index in [0.29, 0.717) is 0 Å². The number of hydrogen-bond acceptors (Lipinski definition) is 2. The summed E-state index contributed by atoms with van der Waals surface area (Å²) in [7, 11) is 2.09. The molecular weight excluding hydrogens is 279 g/mol. The second kappa shape index (κ2) is 7.55. The standard InChI is InChI=1S/C9H19IN2O/c1-8(2)9(13)11-5-4-6-12(3)7-10/h8,10H,4-7H2,1-3H3/p+1. The number of amides is 1. The predicted molar refractivity (Wildman–Crippen MR) is 51.4 cm³/mol. The highest BCUT2D eigenvalue weighted by molar-refractivity contribution is 5.77. The number of rotatable bonds is 6. The molecule has 0 saturated heterocycles. The zero-order chi connectivity index (χ0) is 10.3. The van der Waals surface area contributed by atoms with Gasteiger partial charge in [-0.2, -0.15) is 0 Å². The summed E-state index contributed by atoms with van der Waals surface area (Å²) < 4.78 is 1.08. The SMILES string of the molecule is CC(C)C(=O)NCCCN(C)C[IH+]. The normalized spacial score (nSPS) is 10.9. The van der Waals surface area contributed by atoms with E-state index in [9.17, 15) is 4.79 Å². The summed E-state index contributed by atoms with van der Waals surface area (Å²) in [6.07, 6.45) is 1.03. The lowest BCUT2D eigenvalue weighted by Crippen LogP contribution is -3.36. The molecule has 0 bridgehead atoms. The molecule has 0 aliphatic rings. The van der Waals surface area contributed by atoms with E-state index in [4.69, 9.17) is 0 Å². The number of nitrogens with zero attached hydrogens (tertiary/aromatic N) is 1. The molecule has 0 aromatic heterocycles. The topological polar surface area (TPSA) is 32.3 Å². The van der Waals surface area contributed by atoms with Crippen molar-refractivity contribution in [2.24, 2.45) is 5.92 Å². The molecule has 0 atom stereocenters. The fourth-order valence-electron chi connectivity index (χ4n) is 0.829. The minimum Gasteiger partial charge on any atom is -0.356 e. The summed E-state index contributed by atoms with van der Waals surface area (Å²) in [4.78, 5) is 13.4. The van der Waals surface area contributed by atoms with Crippen LogP contribution in [0.3, 0.4) is 0 Å². The Balaban J connectivity index is 3.31. The lowest BCUT2D eigenvalue weighted by atomic mass is 10.2. The van der Waals surface area contributed by atoms with Gasteiger partial charge in [-0.1, -0.05) is 13.8 Å². The molecule has 0 rings (SSSR count). The number of alkyl halides is 1. The molecule has 0 aromatic rings. The Kier molecular flexibility index (Phi) is 7.65. The van der Waals surface area contributed by atoms with E-state index < -0.39 is 0 Å². The first-order valence-electron chi connectivity index (χ1n) is 4.62. The van der Waals surface area contributed by atoms with Gasteiger partial charge >= 0.3 is 0 Å². The van der Waals surface area contributed by atoms with Crippen molar-refractivity contribution >= 4 is 5.91 Å². The van der Waals surface area contributed by atoms with Crippen molar-refractivity contribution in [3.05, 3.63) is 0 Å². The van der Waals surface area contributed by atoms with E-state index in [1.165, 1.54) is 0 Å². The molecule has 78 valence electrons. The maximum atomic E-state index is 11.1. The van der Waals surface area contributed by atoms with Crippen LogP contribution in [0.5, 0.6) is 0 Å². The van der Waals surface area contributed by atoms with Crippen LogP contribution in [0.25, 0.3) is 0 Å². The molecule has 0 aromatic carbocycles. The Bertz CT molecular complexity index is 151. The summed E-state index contributed by atoms with van der Waals surface area (Å²) in [5.74, 6) is 0.254. The van der Waals surface area contributed by atoms with Gasteiger partial charge in [0.05, 0.1) is 0 Å². The highest BCUT2D eigenvalue weighted by atomic mass is 127. The van der Waals surface area contributed by atoms with Crippen molar-refractivity contribution in [1.82, 2.24) is 10.2 Å². The maximum Gasteiger partial charge on any atom is 0.269 e. The van der Waals surface area contributed by atoms with Gasteiger partial charge < -0.3 is 5.32 Å². The zero-order valence-corrected chi connectivity index (χ0v) is 11.0. The Hall–Kier alpha value is 0.160. The van der Waals surface area contributed by atoms with E-state index in [1.54, 1.807) is 0 Å². The highest BCUT2D eigenvalue weighted by Crippen LogP contribution is 1.90. The van der Waals surface area contributed by atoms with Gasteiger partial charge in [0.1, 0.15) is 0 Å². The average Bonchev–Trinajstić information content (AvgIpc) is 2.11. The fraction of sp³-hybridized carbons (Fsp3) is 0.889. The first kappa shape index (κ1) is 13.2. The van der Waals surface area contributed by atoms with E-state index in [2.05, 4.69) is 39.9 Å². The third-order valence-electron chi connectivity index (χ3n) is 1.76. The van der Waals surface area contributed by atoms with Crippen LogP contribution in [0.2, 0.25) is 0 Å². The molecule has 4 heteroatoms. The molecule has 0 radical (unpaired) electrons. The summed E-state index contributed by atoms with van der Waals surface area (Å²) in [5.41, 5.74) is 0. The van der Waals surface area contributed by atoms with Crippen LogP contribution in [0.15, 0.2) is 0 Å². The van der Waals surface area contributed by atoms with Crippen molar-refractivity contribution in [3.63, 3.8) is 0 Å². The maximum absolute atomic E-state index is 11.1. The van der Waals surface area contributed by atoms with Gasteiger partial charge in [0, 0.05) is 19.0 Å². The van der Waals surface area contributed by atoms with Gasteiger partial charge in [-0.05, 0) is 13.5 Å². The van der Waals surface area contributed by atoms with Crippen molar-refractivity contribution < 1.29 is 27.4 Å². The Morgan fingerprint density at radius 2 is 2.15 bits per heavy atom. The molecule has 3 nitrogen and oxygen atoms in total. The van der Waals surface area contributed by atoms with Gasteiger partial charge in [-0.25, -0.2) is 0 Å². The monoisotopic (exact) mass is 299 g/mol. The first-order valence-corrected chi connectivity index (χ1v) is 6.27. The van der Waals surface area contributed by atoms with Crippen molar-refractivity contribution in [2.75, 3.05) is 24.7 Å². The van der Waals surface area contributed by atoms with Crippen molar-refractivity contribution in [2.45, 2.75) is 20.3 Å². The van der Waals surface area contributed by atoms with Crippen molar-refractivity contribution in [3.8, 4) is 0 Å². The molecular formula is C9H20IN2O+. The van der Waals surface area contributed by atoms with E-state index >= 15 is 0 Å². The third-order valence-corrected chi connectivity index (χ3v) is 3.02. The quantitative estimate of drug-likeness (QED) is 0.251. The predicted octanol–water partition coefficient (Wildman–Crippen LogP) is -2.68. The van der Waals surface area contributed by atoms with Crippen LogP contribution < -0.4 is 27.9 Å². The Morgan fingerprint density at radius 1 is 1.54 bits per heavy atom. The second-order valence-corrected chi connectivity index (χ2v) is 4.24.